The number of rotatable bonds is 7. The summed E-state index contributed by atoms with van der Waals surface area (Å²) in [6, 6.07) is 3.92. The van der Waals surface area contributed by atoms with Crippen molar-refractivity contribution >= 4 is 0 Å². The van der Waals surface area contributed by atoms with Crippen LogP contribution in [0.3, 0.4) is 0 Å². The fraction of sp³-hybridized carbons (Fsp3) is 0.500. The molecular weight excluding hydrogens is 226 g/mol. The third-order valence-electron chi connectivity index (χ3n) is 2.74. The molecule has 0 aliphatic rings. The van der Waals surface area contributed by atoms with E-state index in [4.69, 9.17) is 4.42 Å². The standard InChI is InChI=1S/C14H21N3O/c1-12(2)8-15-9-13-10-17(11-16-13)6-5-14-4-3-7-18-14/h3-4,7,10-12,15H,5-6,8-9H2,1-2H3. The molecule has 0 amide bonds. The molecule has 0 saturated heterocycles. The molecule has 4 nitrogen and oxygen atoms in total. The lowest BCUT2D eigenvalue weighted by Crippen LogP contribution is -2.19. The maximum absolute atomic E-state index is 5.31. The van der Waals surface area contributed by atoms with Crippen LogP contribution >= 0.6 is 0 Å². The molecule has 1 N–H and O–H groups in total. The Bertz CT molecular complexity index is 445. The zero-order chi connectivity index (χ0) is 12.8. The van der Waals surface area contributed by atoms with Gasteiger partial charge in [0.2, 0.25) is 0 Å². The Balaban J connectivity index is 1.75. The van der Waals surface area contributed by atoms with Gasteiger partial charge in [-0.05, 0) is 24.6 Å². The van der Waals surface area contributed by atoms with Gasteiger partial charge in [0.15, 0.2) is 0 Å². The third kappa shape index (κ3) is 4.04. The number of aryl methyl sites for hydroxylation is 2. The fourth-order valence-electron chi connectivity index (χ4n) is 1.80. The Kier molecular flexibility index (Phi) is 4.59. The van der Waals surface area contributed by atoms with Crippen LogP contribution in [0.2, 0.25) is 0 Å². The first-order chi connectivity index (χ1) is 8.74. The molecule has 2 heterocycles. The van der Waals surface area contributed by atoms with Crippen molar-refractivity contribution in [3.05, 3.63) is 42.4 Å². The summed E-state index contributed by atoms with van der Waals surface area (Å²) < 4.78 is 7.41. The molecule has 0 aromatic carbocycles. The number of nitrogens with zero attached hydrogens (tertiary/aromatic N) is 2. The highest BCUT2D eigenvalue weighted by Crippen LogP contribution is 2.04. The Hall–Kier alpha value is -1.55. The van der Waals surface area contributed by atoms with Crippen molar-refractivity contribution < 1.29 is 4.42 Å². The average Bonchev–Trinajstić information content (AvgIpc) is 2.96. The van der Waals surface area contributed by atoms with Gasteiger partial charge in [-0.15, -0.1) is 0 Å². The zero-order valence-corrected chi connectivity index (χ0v) is 11.1. The smallest absolute Gasteiger partial charge is 0.105 e. The van der Waals surface area contributed by atoms with E-state index in [1.165, 1.54) is 0 Å². The lowest BCUT2D eigenvalue weighted by Gasteiger charge is -2.04. The van der Waals surface area contributed by atoms with E-state index in [1.54, 1.807) is 6.26 Å². The van der Waals surface area contributed by atoms with E-state index in [0.29, 0.717) is 5.92 Å². The molecule has 2 aromatic heterocycles. The summed E-state index contributed by atoms with van der Waals surface area (Å²) in [6.45, 7) is 7.18. The van der Waals surface area contributed by atoms with E-state index in [-0.39, 0.29) is 0 Å². The molecule has 0 saturated carbocycles. The largest absolute Gasteiger partial charge is 0.469 e. The van der Waals surface area contributed by atoms with Crippen LogP contribution in [0.25, 0.3) is 0 Å². The Morgan fingerprint density at radius 1 is 1.44 bits per heavy atom. The summed E-state index contributed by atoms with van der Waals surface area (Å²) in [5.74, 6) is 1.69. The van der Waals surface area contributed by atoms with E-state index in [9.17, 15) is 0 Å². The molecule has 0 radical (unpaired) electrons. The first kappa shape index (κ1) is 12.9. The number of hydrogen-bond acceptors (Lipinski definition) is 3. The molecule has 0 atom stereocenters. The predicted octanol–water partition coefficient (Wildman–Crippen LogP) is 2.46. The van der Waals surface area contributed by atoms with Crippen molar-refractivity contribution in [1.82, 2.24) is 14.9 Å². The second-order valence-corrected chi connectivity index (χ2v) is 4.96. The summed E-state index contributed by atoms with van der Waals surface area (Å²) in [6.07, 6.45) is 6.60. The topological polar surface area (TPSA) is 43.0 Å². The van der Waals surface area contributed by atoms with Gasteiger partial charge in [-0.3, -0.25) is 0 Å². The first-order valence-corrected chi connectivity index (χ1v) is 6.48. The summed E-state index contributed by atoms with van der Waals surface area (Å²) in [5.41, 5.74) is 1.09. The molecule has 2 aromatic rings. The highest BCUT2D eigenvalue weighted by Gasteiger charge is 2.01. The highest BCUT2D eigenvalue weighted by atomic mass is 16.3. The Morgan fingerprint density at radius 3 is 3.06 bits per heavy atom. The third-order valence-corrected chi connectivity index (χ3v) is 2.74. The maximum Gasteiger partial charge on any atom is 0.105 e. The van der Waals surface area contributed by atoms with Crippen molar-refractivity contribution in [2.24, 2.45) is 5.92 Å². The van der Waals surface area contributed by atoms with Crippen LogP contribution in [-0.2, 0) is 19.5 Å². The van der Waals surface area contributed by atoms with Gasteiger partial charge in [-0.25, -0.2) is 4.98 Å². The van der Waals surface area contributed by atoms with E-state index in [0.717, 1.165) is 37.5 Å². The SMILES string of the molecule is CC(C)CNCc1cn(CCc2ccco2)cn1. The van der Waals surface area contributed by atoms with Crippen molar-refractivity contribution in [2.45, 2.75) is 33.4 Å². The van der Waals surface area contributed by atoms with Gasteiger partial charge in [0.05, 0.1) is 18.3 Å². The Morgan fingerprint density at radius 2 is 2.33 bits per heavy atom. The lowest BCUT2D eigenvalue weighted by atomic mass is 10.2. The van der Waals surface area contributed by atoms with Crippen LogP contribution in [0, 0.1) is 5.92 Å². The van der Waals surface area contributed by atoms with Gasteiger partial charge < -0.3 is 14.3 Å². The van der Waals surface area contributed by atoms with E-state index < -0.39 is 0 Å². The van der Waals surface area contributed by atoms with Crippen LogP contribution in [-0.4, -0.2) is 16.1 Å². The number of nitrogens with one attached hydrogen (secondary N) is 1. The van der Waals surface area contributed by atoms with Crippen molar-refractivity contribution in [3.8, 4) is 0 Å². The summed E-state index contributed by atoms with van der Waals surface area (Å²) in [4.78, 5) is 4.38. The minimum atomic E-state index is 0.672. The molecule has 0 aliphatic carbocycles. The van der Waals surface area contributed by atoms with Crippen LogP contribution in [0.4, 0.5) is 0 Å². The molecule has 18 heavy (non-hydrogen) atoms. The average molecular weight is 247 g/mol. The quantitative estimate of drug-likeness (QED) is 0.817. The monoisotopic (exact) mass is 247 g/mol. The van der Waals surface area contributed by atoms with Gasteiger partial charge in [0, 0.05) is 25.7 Å². The molecule has 0 aliphatic heterocycles. The summed E-state index contributed by atoms with van der Waals surface area (Å²) in [7, 11) is 0. The molecule has 4 heteroatoms. The minimum absolute atomic E-state index is 0.672. The van der Waals surface area contributed by atoms with Gasteiger partial charge in [-0.1, -0.05) is 13.8 Å². The normalized spacial score (nSPS) is 11.3. The fourth-order valence-corrected chi connectivity index (χ4v) is 1.80. The molecule has 0 fully saturated rings. The number of hydrogen-bond donors (Lipinski definition) is 1. The van der Waals surface area contributed by atoms with Crippen molar-refractivity contribution in [1.29, 1.82) is 0 Å². The molecular formula is C14H21N3O. The summed E-state index contributed by atoms with van der Waals surface area (Å²) in [5, 5.41) is 3.39. The van der Waals surface area contributed by atoms with Gasteiger partial charge in [0.1, 0.15) is 5.76 Å². The van der Waals surface area contributed by atoms with Crippen LogP contribution in [0.5, 0.6) is 0 Å². The molecule has 0 bridgehead atoms. The van der Waals surface area contributed by atoms with Crippen molar-refractivity contribution in [3.63, 3.8) is 0 Å². The predicted molar refractivity (Wildman–Crippen MR) is 71.2 cm³/mol. The van der Waals surface area contributed by atoms with Crippen LogP contribution < -0.4 is 5.32 Å². The number of imidazole rings is 1. The van der Waals surface area contributed by atoms with E-state index in [2.05, 4.69) is 34.9 Å². The van der Waals surface area contributed by atoms with Gasteiger partial charge in [-0.2, -0.15) is 0 Å². The van der Waals surface area contributed by atoms with Crippen LogP contribution in [0.15, 0.2) is 35.3 Å². The van der Waals surface area contributed by atoms with Crippen LogP contribution in [0.1, 0.15) is 25.3 Å². The minimum Gasteiger partial charge on any atom is -0.469 e. The van der Waals surface area contributed by atoms with E-state index >= 15 is 0 Å². The highest BCUT2D eigenvalue weighted by molar-refractivity contribution is 5.00. The molecule has 2 rings (SSSR count). The second-order valence-electron chi connectivity index (χ2n) is 4.96. The molecule has 0 unspecified atom stereocenters. The number of furan rings is 1. The zero-order valence-electron chi connectivity index (χ0n) is 11.1. The summed E-state index contributed by atoms with van der Waals surface area (Å²) >= 11 is 0. The Labute approximate surface area is 108 Å². The van der Waals surface area contributed by atoms with Gasteiger partial charge >= 0.3 is 0 Å². The number of aromatic nitrogens is 2. The van der Waals surface area contributed by atoms with Gasteiger partial charge in [0.25, 0.3) is 0 Å². The molecule has 98 valence electrons. The maximum atomic E-state index is 5.31. The van der Waals surface area contributed by atoms with E-state index in [1.807, 2.05) is 18.5 Å². The first-order valence-electron chi connectivity index (χ1n) is 6.48. The van der Waals surface area contributed by atoms with Crippen molar-refractivity contribution in [2.75, 3.05) is 6.54 Å². The second kappa shape index (κ2) is 6.40. The molecule has 0 spiro atoms. The lowest BCUT2D eigenvalue weighted by molar-refractivity contribution is 0.491.